The zero-order valence-electron chi connectivity index (χ0n) is 16.6. The minimum Gasteiger partial charge on any atom is -0.486 e. The summed E-state index contributed by atoms with van der Waals surface area (Å²) in [5, 5.41) is 11.2. The van der Waals surface area contributed by atoms with Crippen molar-refractivity contribution in [1.82, 2.24) is 14.9 Å². The SMILES string of the molecule is O=C(Oc1ccc(/C=N\n2c(COc3ccccc3)n[nH]c2=S)cc1)c1ccc(F)cc1. The quantitative estimate of drug-likeness (QED) is 0.191. The van der Waals surface area contributed by atoms with E-state index < -0.39 is 11.8 Å². The first-order valence-electron chi connectivity index (χ1n) is 9.55. The van der Waals surface area contributed by atoms with Crippen molar-refractivity contribution in [1.29, 1.82) is 0 Å². The van der Waals surface area contributed by atoms with Gasteiger partial charge >= 0.3 is 5.97 Å². The Labute approximate surface area is 187 Å². The highest BCUT2D eigenvalue weighted by atomic mass is 32.1. The van der Waals surface area contributed by atoms with E-state index in [2.05, 4.69) is 15.3 Å². The number of nitrogens with one attached hydrogen (secondary N) is 1. The molecule has 0 spiro atoms. The van der Waals surface area contributed by atoms with Crippen molar-refractivity contribution in [3.05, 3.63) is 106 Å². The Hall–Kier alpha value is -4.11. The first-order valence-corrected chi connectivity index (χ1v) is 9.95. The van der Waals surface area contributed by atoms with Gasteiger partial charge in [-0.25, -0.2) is 14.3 Å². The number of nitrogens with zero attached hydrogens (tertiary/aromatic N) is 3. The Morgan fingerprint density at radius 1 is 1.03 bits per heavy atom. The van der Waals surface area contributed by atoms with Gasteiger partial charge in [0.2, 0.25) is 4.77 Å². The summed E-state index contributed by atoms with van der Waals surface area (Å²) in [6.07, 6.45) is 1.60. The van der Waals surface area contributed by atoms with Crippen LogP contribution in [0.25, 0.3) is 0 Å². The first-order chi connectivity index (χ1) is 15.6. The lowest BCUT2D eigenvalue weighted by molar-refractivity contribution is 0.0734. The molecule has 9 heteroatoms. The Morgan fingerprint density at radius 3 is 2.47 bits per heavy atom. The normalized spacial score (nSPS) is 10.9. The molecule has 0 aliphatic carbocycles. The van der Waals surface area contributed by atoms with E-state index >= 15 is 0 Å². The molecular weight excluding hydrogens is 431 g/mol. The second-order valence-electron chi connectivity index (χ2n) is 6.57. The molecule has 0 aliphatic rings. The maximum atomic E-state index is 13.0. The number of benzene rings is 3. The number of H-pyrrole nitrogens is 1. The molecule has 4 rings (SSSR count). The first kappa shape index (κ1) is 21.1. The van der Waals surface area contributed by atoms with Gasteiger partial charge in [0.05, 0.1) is 11.8 Å². The predicted molar refractivity (Wildman–Crippen MR) is 119 cm³/mol. The minimum atomic E-state index is -0.570. The summed E-state index contributed by atoms with van der Waals surface area (Å²) in [7, 11) is 0. The van der Waals surface area contributed by atoms with E-state index in [4.69, 9.17) is 21.7 Å². The number of rotatable bonds is 7. The molecule has 160 valence electrons. The minimum absolute atomic E-state index is 0.187. The summed E-state index contributed by atoms with van der Waals surface area (Å²) in [5.74, 6) is 0.591. The van der Waals surface area contributed by atoms with E-state index in [1.54, 1.807) is 30.5 Å². The van der Waals surface area contributed by atoms with E-state index in [-0.39, 0.29) is 12.2 Å². The maximum Gasteiger partial charge on any atom is 0.343 e. The van der Waals surface area contributed by atoms with Crippen LogP contribution < -0.4 is 9.47 Å². The van der Waals surface area contributed by atoms with Crippen molar-refractivity contribution in [2.75, 3.05) is 0 Å². The number of aromatic amines is 1. The van der Waals surface area contributed by atoms with Gasteiger partial charge in [-0.05, 0) is 78.4 Å². The summed E-state index contributed by atoms with van der Waals surface area (Å²) in [6.45, 7) is 0.187. The van der Waals surface area contributed by atoms with Gasteiger partial charge in [-0.2, -0.15) is 14.9 Å². The van der Waals surface area contributed by atoms with Gasteiger partial charge in [0.15, 0.2) is 5.82 Å². The van der Waals surface area contributed by atoms with Gasteiger partial charge in [-0.15, -0.1) is 0 Å². The van der Waals surface area contributed by atoms with Gasteiger partial charge in [-0.1, -0.05) is 18.2 Å². The fraction of sp³-hybridized carbons (Fsp3) is 0.0435. The number of aromatic nitrogens is 3. The van der Waals surface area contributed by atoms with E-state index in [1.165, 1.54) is 28.9 Å². The van der Waals surface area contributed by atoms with Crippen LogP contribution in [0.2, 0.25) is 0 Å². The number of esters is 1. The number of para-hydroxylation sites is 1. The Bertz CT molecular complexity index is 1280. The molecule has 0 atom stereocenters. The number of hydrogen-bond donors (Lipinski definition) is 1. The lowest BCUT2D eigenvalue weighted by atomic mass is 10.2. The van der Waals surface area contributed by atoms with Crippen molar-refractivity contribution in [2.45, 2.75) is 6.61 Å². The second-order valence-corrected chi connectivity index (χ2v) is 6.96. The molecule has 7 nitrogen and oxygen atoms in total. The van der Waals surface area contributed by atoms with Gasteiger partial charge in [0.25, 0.3) is 0 Å². The Morgan fingerprint density at radius 2 is 1.75 bits per heavy atom. The fourth-order valence-corrected chi connectivity index (χ4v) is 2.90. The lowest BCUT2D eigenvalue weighted by Crippen LogP contribution is -2.08. The van der Waals surface area contributed by atoms with Crippen LogP contribution in [0.5, 0.6) is 11.5 Å². The molecule has 1 heterocycles. The average molecular weight is 448 g/mol. The molecule has 0 saturated heterocycles. The van der Waals surface area contributed by atoms with Crippen LogP contribution in [0.1, 0.15) is 21.7 Å². The molecule has 1 aromatic heterocycles. The Balaban J connectivity index is 1.41. The van der Waals surface area contributed by atoms with Crippen LogP contribution in [0.4, 0.5) is 4.39 Å². The number of carbonyl (C=O) groups is 1. The van der Waals surface area contributed by atoms with Crippen molar-refractivity contribution >= 4 is 24.4 Å². The van der Waals surface area contributed by atoms with Crippen molar-refractivity contribution < 1.29 is 18.7 Å². The number of ether oxygens (including phenoxy) is 2. The van der Waals surface area contributed by atoms with Crippen LogP contribution >= 0.6 is 12.2 Å². The maximum absolute atomic E-state index is 13.0. The van der Waals surface area contributed by atoms with Gasteiger partial charge in [0.1, 0.15) is 23.9 Å². The van der Waals surface area contributed by atoms with Crippen LogP contribution in [0.15, 0.2) is 84.0 Å². The molecule has 32 heavy (non-hydrogen) atoms. The summed E-state index contributed by atoms with van der Waals surface area (Å²) >= 11 is 5.24. The van der Waals surface area contributed by atoms with Crippen molar-refractivity contribution in [2.24, 2.45) is 5.10 Å². The lowest BCUT2D eigenvalue weighted by Gasteiger charge is -2.05. The molecule has 0 fully saturated rings. The highest BCUT2D eigenvalue weighted by molar-refractivity contribution is 7.71. The van der Waals surface area contributed by atoms with Crippen LogP contribution in [0.3, 0.4) is 0 Å². The molecule has 1 N–H and O–H groups in total. The third-order valence-corrected chi connectivity index (χ3v) is 4.59. The molecule has 0 unspecified atom stereocenters. The zero-order chi connectivity index (χ0) is 22.3. The monoisotopic (exact) mass is 448 g/mol. The Kier molecular flexibility index (Phi) is 6.47. The average Bonchev–Trinajstić information content (AvgIpc) is 3.17. The predicted octanol–water partition coefficient (Wildman–Crippen LogP) is 4.76. The fourth-order valence-electron chi connectivity index (χ4n) is 2.70. The summed E-state index contributed by atoms with van der Waals surface area (Å²) in [5.41, 5.74) is 1.02. The number of hydrogen-bond acceptors (Lipinski definition) is 6. The summed E-state index contributed by atoms with van der Waals surface area (Å²) in [6, 6.07) is 21.2. The van der Waals surface area contributed by atoms with Crippen LogP contribution in [0, 0.1) is 10.6 Å². The summed E-state index contributed by atoms with van der Waals surface area (Å²) in [4.78, 5) is 12.1. The number of halogens is 1. The third kappa shape index (κ3) is 5.32. The van der Waals surface area contributed by atoms with Gasteiger partial charge in [-0.3, -0.25) is 0 Å². The van der Waals surface area contributed by atoms with Gasteiger partial charge in [0, 0.05) is 0 Å². The summed E-state index contributed by atoms with van der Waals surface area (Å²) < 4.78 is 25.8. The molecule has 0 radical (unpaired) electrons. The molecule has 0 aliphatic heterocycles. The second kappa shape index (κ2) is 9.80. The largest absolute Gasteiger partial charge is 0.486 e. The van der Waals surface area contributed by atoms with Crippen LogP contribution in [-0.2, 0) is 6.61 Å². The van der Waals surface area contributed by atoms with Crippen molar-refractivity contribution in [3.63, 3.8) is 0 Å². The van der Waals surface area contributed by atoms with E-state index in [1.807, 2.05) is 30.3 Å². The highest BCUT2D eigenvalue weighted by Crippen LogP contribution is 2.15. The highest BCUT2D eigenvalue weighted by Gasteiger charge is 2.09. The third-order valence-electron chi connectivity index (χ3n) is 4.32. The molecule has 3 aromatic carbocycles. The molecular formula is C23H17FN4O3S. The number of carbonyl (C=O) groups excluding carboxylic acids is 1. The van der Waals surface area contributed by atoms with Crippen molar-refractivity contribution in [3.8, 4) is 11.5 Å². The van der Waals surface area contributed by atoms with Crippen LogP contribution in [-0.4, -0.2) is 27.1 Å². The molecule has 0 saturated carbocycles. The molecule has 0 amide bonds. The van der Waals surface area contributed by atoms with E-state index in [9.17, 15) is 9.18 Å². The van der Waals surface area contributed by atoms with E-state index in [0.717, 1.165) is 5.56 Å². The van der Waals surface area contributed by atoms with E-state index in [0.29, 0.717) is 22.1 Å². The van der Waals surface area contributed by atoms with Gasteiger partial charge < -0.3 is 9.47 Å². The standard InChI is InChI=1S/C23H17FN4O3S/c24-18-10-8-17(9-11-18)22(29)31-20-12-6-16(7-13-20)14-25-28-21(26-27-23(28)32)15-30-19-4-2-1-3-5-19/h1-14H,15H2,(H,27,32)/b25-14-. The molecule has 4 aromatic rings. The molecule has 0 bridgehead atoms. The smallest absolute Gasteiger partial charge is 0.343 e. The topological polar surface area (TPSA) is 81.5 Å². The zero-order valence-corrected chi connectivity index (χ0v) is 17.5.